The van der Waals surface area contributed by atoms with Gasteiger partial charge in [0.15, 0.2) is 0 Å². The van der Waals surface area contributed by atoms with Crippen LogP contribution in [0.5, 0.6) is 0 Å². The maximum atomic E-state index is 13.2. The maximum absolute atomic E-state index is 13.2. The zero-order chi connectivity index (χ0) is 18.5. The minimum Gasteiger partial charge on any atom is -0.339 e. The molecule has 2 amide bonds. The fraction of sp³-hybridized carbons (Fsp3) is 0.368. The zero-order valence-corrected chi connectivity index (χ0v) is 15.5. The smallest absolute Gasteiger partial charge is 0.236 e. The van der Waals surface area contributed by atoms with Crippen LogP contribution in [0.15, 0.2) is 41.8 Å². The number of halogens is 1. The van der Waals surface area contributed by atoms with E-state index in [4.69, 9.17) is 0 Å². The highest BCUT2D eigenvalue weighted by Crippen LogP contribution is 2.26. The maximum Gasteiger partial charge on any atom is 0.236 e. The largest absolute Gasteiger partial charge is 0.339 e. The third kappa shape index (κ3) is 4.47. The molecule has 1 unspecified atom stereocenters. The zero-order valence-electron chi connectivity index (χ0n) is 14.7. The standard InChI is InChI=1S/C19H22FN3O2S/c1-14(24)22-8-10-23(11-9-22)18(25)13-21-19(17-3-2-12-26-17)15-4-6-16(20)7-5-15/h2-7,12,19,21H,8-11,13H2,1H3. The minimum absolute atomic E-state index is 0.0110. The Hall–Kier alpha value is -2.25. The van der Waals surface area contributed by atoms with Crippen LogP contribution in [-0.4, -0.2) is 54.3 Å². The van der Waals surface area contributed by atoms with Crippen LogP contribution in [0.1, 0.15) is 23.4 Å². The molecule has 0 saturated carbocycles. The van der Waals surface area contributed by atoms with E-state index in [-0.39, 0.29) is 30.2 Å². The van der Waals surface area contributed by atoms with Crippen LogP contribution >= 0.6 is 11.3 Å². The van der Waals surface area contributed by atoms with Gasteiger partial charge in [0.1, 0.15) is 5.82 Å². The molecule has 0 bridgehead atoms. The summed E-state index contributed by atoms with van der Waals surface area (Å²) < 4.78 is 13.2. The number of hydrogen-bond acceptors (Lipinski definition) is 4. The Morgan fingerprint density at radius 3 is 2.35 bits per heavy atom. The Balaban J connectivity index is 1.62. The van der Waals surface area contributed by atoms with Gasteiger partial charge in [0.05, 0.1) is 12.6 Å². The van der Waals surface area contributed by atoms with Gasteiger partial charge >= 0.3 is 0 Å². The molecule has 2 aromatic rings. The van der Waals surface area contributed by atoms with E-state index in [0.29, 0.717) is 26.2 Å². The molecule has 2 heterocycles. The van der Waals surface area contributed by atoms with E-state index < -0.39 is 0 Å². The molecule has 0 aliphatic carbocycles. The molecule has 0 radical (unpaired) electrons. The lowest BCUT2D eigenvalue weighted by molar-refractivity contribution is -0.137. The summed E-state index contributed by atoms with van der Waals surface area (Å²) in [7, 11) is 0. The molecule has 1 atom stereocenters. The summed E-state index contributed by atoms with van der Waals surface area (Å²) in [6.45, 7) is 4.01. The fourth-order valence-corrected chi connectivity index (χ4v) is 3.89. The van der Waals surface area contributed by atoms with Crippen LogP contribution in [0.25, 0.3) is 0 Å². The number of hydrogen-bond donors (Lipinski definition) is 1. The molecule has 1 aromatic carbocycles. The number of piperazine rings is 1. The van der Waals surface area contributed by atoms with Gasteiger partial charge in [0.25, 0.3) is 0 Å². The number of rotatable bonds is 5. The molecule has 1 N–H and O–H groups in total. The molecule has 1 aromatic heterocycles. The highest BCUT2D eigenvalue weighted by atomic mass is 32.1. The van der Waals surface area contributed by atoms with Crippen LogP contribution in [0.3, 0.4) is 0 Å². The number of carbonyl (C=O) groups is 2. The number of nitrogens with one attached hydrogen (secondary N) is 1. The first-order valence-corrected chi connectivity index (χ1v) is 9.48. The van der Waals surface area contributed by atoms with Crippen molar-refractivity contribution < 1.29 is 14.0 Å². The number of carbonyl (C=O) groups excluding carboxylic acids is 2. The topological polar surface area (TPSA) is 52.7 Å². The van der Waals surface area contributed by atoms with Gasteiger partial charge in [0.2, 0.25) is 11.8 Å². The van der Waals surface area contributed by atoms with Crippen molar-refractivity contribution in [3.63, 3.8) is 0 Å². The molecule has 1 saturated heterocycles. The van der Waals surface area contributed by atoms with E-state index in [2.05, 4.69) is 5.32 Å². The molecule has 1 aliphatic rings. The molecule has 1 fully saturated rings. The third-order valence-electron chi connectivity index (χ3n) is 4.57. The summed E-state index contributed by atoms with van der Waals surface area (Å²) >= 11 is 1.60. The molecule has 3 rings (SSSR count). The monoisotopic (exact) mass is 375 g/mol. The van der Waals surface area contributed by atoms with Gasteiger partial charge in [-0.25, -0.2) is 4.39 Å². The van der Waals surface area contributed by atoms with Gasteiger partial charge in [-0.1, -0.05) is 18.2 Å². The van der Waals surface area contributed by atoms with E-state index in [1.54, 1.807) is 40.2 Å². The summed E-state index contributed by atoms with van der Waals surface area (Å²) in [5.74, 6) is -0.223. The van der Waals surface area contributed by atoms with Crippen molar-refractivity contribution in [2.24, 2.45) is 0 Å². The quantitative estimate of drug-likeness (QED) is 0.872. The van der Waals surface area contributed by atoms with Gasteiger partial charge < -0.3 is 9.80 Å². The molecule has 138 valence electrons. The first-order chi connectivity index (χ1) is 12.5. The molecule has 1 aliphatic heterocycles. The van der Waals surface area contributed by atoms with Gasteiger partial charge in [-0.2, -0.15) is 0 Å². The first kappa shape index (κ1) is 18.5. The van der Waals surface area contributed by atoms with Crippen molar-refractivity contribution in [3.05, 3.63) is 58.0 Å². The summed E-state index contributed by atoms with van der Waals surface area (Å²) in [5, 5.41) is 5.29. The van der Waals surface area contributed by atoms with Crippen LogP contribution in [0.4, 0.5) is 4.39 Å². The Kier molecular flexibility index (Phi) is 6.00. The van der Waals surface area contributed by atoms with Gasteiger partial charge in [-0.15, -0.1) is 11.3 Å². The van der Waals surface area contributed by atoms with Crippen LogP contribution in [0.2, 0.25) is 0 Å². The minimum atomic E-state index is -0.280. The lowest BCUT2D eigenvalue weighted by Gasteiger charge is -2.34. The molecule has 7 heteroatoms. The highest BCUT2D eigenvalue weighted by molar-refractivity contribution is 7.10. The predicted octanol–water partition coefficient (Wildman–Crippen LogP) is 2.26. The van der Waals surface area contributed by atoms with Crippen molar-refractivity contribution in [1.82, 2.24) is 15.1 Å². The highest BCUT2D eigenvalue weighted by Gasteiger charge is 2.23. The van der Waals surface area contributed by atoms with Crippen molar-refractivity contribution in [2.45, 2.75) is 13.0 Å². The van der Waals surface area contributed by atoms with Crippen LogP contribution < -0.4 is 5.32 Å². The number of benzene rings is 1. The average molecular weight is 375 g/mol. The molecule has 26 heavy (non-hydrogen) atoms. The van der Waals surface area contributed by atoms with E-state index in [9.17, 15) is 14.0 Å². The van der Waals surface area contributed by atoms with Crippen molar-refractivity contribution >= 4 is 23.2 Å². The molecule has 5 nitrogen and oxygen atoms in total. The van der Waals surface area contributed by atoms with Crippen molar-refractivity contribution in [1.29, 1.82) is 0 Å². The van der Waals surface area contributed by atoms with Gasteiger partial charge in [0, 0.05) is 38.0 Å². The second-order valence-electron chi connectivity index (χ2n) is 6.27. The summed E-state index contributed by atoms with van der Waals surface area (Å²) in [6.07, 6.45) is 0. The van der Waals surface area contributed by atoms with Crippen LogP contribution in [-0.2, 0) is 9.59 Å². The summed E-state index contributed by atoms with van der Waals surface area (Å²) in [5.41, 5.74) is 0.919. The molecule has 0 spiro atoms. The Morgan fingerprint density at radius 1 is 1.12 bits per heavy atom. The summed E-state index contributed by atoms with van der Waals surface area (Å²) in [4.78, 5) is 28.5. The second kappa shape index (κ2) is 8.42. The van der Waals surface area contributed by atoms with E-state index >= 15 is 0 Å². The van der Waals surface area contributed by atoms with E-state index in [1.165, 1.54) is 12.1 Å². The number of nitrogens with zero attached hydrogens (tertiary/aromatic N) is 2. The Morgan fingerprint density at radius 2 is 1.77 bits per heavy atom. The lowest BCUT2D eigenvalue weighted by Crippen LogP contribution is -2.52. The number of amides is 2. The SMILES string of the molecule is CC(=O)N1CCN(C(=O)CNC(c2ccc(F)cc2)c2cccs2)CC1. The van der Waals surface area contributed by atoms with Gasteiger partial charge in [-0.05, 0) is 29.1 Å². The van der Waals surface area contributed by atoms with Gasteiger partial charge in [-0.3, -0.25) is 14.9 Å². The summed E-state index contributed by atoms with van der Waals surface area (Å²) in [6, 6.07) is 10.1. The average Bonchev–Trinajstić information content (AvgIpc) is 3.17. The third-order valence-corrected chi connectivity index (χ3v) is 5.50. The van der Waals surface area contributed by atoms with Crippen LogP contribution in [0, 0.1) is 5.82 Å². The molecular formula is C19H22FN3O2S. The second-order valence-corrected chi connectivity index (χ2v) is 7.25. The number of thiophene rings is 1. The van der Waals surface area contributed by atoms with E-state index in [1.807, 2.05) is 17.5 Å². The Labute approximate surface area is 156 Å². The normalized spacial score (nSPS) is 15.8. The lowest BCUT2D eigenvalue weighted by atomic mass is 10.1. The van der Waals surface area contributed by atoms with E-state index in [0.717, 1.165) is 10.4 Å². The van der Waals surface area contributed by atoms with Crippen molar-refractivity contribution in [3.8, 4) is 0 Å². The first-order valence-electron chi connectivity index (χ1n) is 8.60. The predicted molar refractivity (Wildman–Crippen MR) is 99.4 cm³/mol. The molecular weight excluding hydrogens is 353 g/mol. The fourth-order valence-electron chi connectivity index (χ4n) is 3.07. The Bertz CT molecular complexity index is 741. The van der Waals surface area contributed by atoms with Crippen molar-refractivity contribution in [2.75, 3.05) is 32.7 Å².